The fourth-order valence-corrected chi connectivity index (χ4v) is 1.91. The number of imidazole rings is 1. The number of aromatic amines is 1. The zero-order valence-corrected chi connectivity index (χ0v) is 8.90. The molecule has 0 aliphatic heterocycles. The number of aryl methyl sites for hydroxylation is 1. The number of anilines is 1. The lowest BCUT2D eigenvalue weighted by Crippen LogP contribution is -1.96. The number of benzene rings is 1. The van der Waals surface area contributed by atoms with Crippen LogP contribution in [0.15, 0.2) is 18.2 Å². The standard InChI is InChI=1S/C10H13N3S/c1-2-5-13-9-6-7(11)3-4-8(9)12-10(13)14/h3-4,6H,2,5,11H2,1H3,(H,12,14). The van der Waals surface area contributed by atoms with Gasteiger partial charge in [0.15, 0.2) is 4.77 Å². The number of nitrogen functional groups attached to an aromatic ring is 1. The van der Waals surface area contributed by atoms with Crippen molar-refractivity contribution < 1.29 is 0 Å². The number of H-pyrrole nitrogens is 1. The molecule has 1 heterocycles. The zero-order chi connectivity index (χ0) is 10.1. The lowest BCUT2D eigenvalue weighted by molar-refractivity contribution is 0.689. The Kier molecular flexibility index (Phi) is 2.29. The third kappa shape index (κ3) is 1.42. The lowest BCUT2D eigenvalue weighted by Gasteiger charge is -2.01. The Morgan fingerprint density at radius 1 is 1.50 bits per heavy atom. The first-order valence-corrected chi connectivity index (χ1v) is 5.11. The minimum atomic E-state index is 0.771. The molecule has 3 nitrogen and oxygen atoms in total. The van der Waals surface area contributed by atoms with Gasteiger partial charge in [-0.3, -0.25) is 0 Å². The van der Waals surface area contributed by atoms with Crippen LogP contribution in [0.4, 0.5) is 5.69 Å². The van der Waals surface area contributed by atoms with Crippen LogP contribution in [-0.4, -0.2) is 9.55 Å². The monoisotopic (exact) mass is 207 g/mol. The first-order chi connectivity index (χ1) is 6.72. The van der Waals surface area contributed by atoms with Gasteiger partial charge < -0.3 is 15.3 Å². The topological polar surface area (TPSA) is 46.7 Å². The molecule has 3 N–H and O–H groups in total. The van der Waals surface area contributed by atoms with Crippen LogP contribution in [0.25, 0.3) is 11.0 Å². The van der Waals surface area contributed by atoms with Crippen molar-refractivity contribution >= 4 is 28.9 Å². The first-order valence-electron chi connectivity index (χ1n) is 4.70. The number of aromatic nitrogens is 2. The fraction of sp³-hybridized carbons (Fsp3) is 0.300. The molecule has 74 valence electrons. The maximum Gasteiger partial charge on any atom is 0.178 e. The largest absolute Gasteiger partial charge is 0.399 e. The van der Waals surface area contributed by atoms with Crippen LogP contribution in [0.1, 0.15) is 13.3 Å². The summed E-state index contributed by atoms with van der Waals surface area (Å²) in [7, 11) is 0. The molecule has 0 saturated carbocycles. The van der Waals surface area contributed by atoms with Crippen molar-refractivity contribution in [2.45, 2.75) is 19.9 Å². The number of hydrogen-bond acceptors (Lipinski definition) is 2. The molecular formula is C10H13N3S. The summed E-state index contributed by atoms with van der Waals surface area (Å²) >= 11 is 5.23. The predicted octanol–water partition coefficient (Wildman–Crippen LogP) is 2.69. The van der Waals surface area contributed by atoms with Crippen molar-refractivity contribution in [3.8, 4) is 0 Å². The predicted molar refractivity (Wildman–Crippen MR) is 61.8 cm³/mol. The maximum absolute atomic E-state index is 5.74. The lowest BCUT2D eigenvalue weighted by atomic mass is 10.3. The average molecular weight is 207 g/mol. The van der Waals surface area contributed by atoms with Crippen LogP contribution in [0.5, 0.6) is 0 Å². The van der Waals surface area contributed by atoms with Crippen molar-refractivity contribution in [2.24, 2.45) is 0 Å². The van der Waals surface area contributed by atoms with Gasteiger partial charge in [0.25, 0.3) is 0 Å². The zero-order valence-electron chi connectivity index (χ0n) is 8.08. The van der Waals surface area contributed by atoms with E-state index in [2.05, 4.69) is 16.5 Å². The summed E-state index contributed by atoms with van der Waals surface area (Å²) in [6.07, 6.45) is 1.07. The highest BCUT2D eigenvalue weighted by molar-refractivity contribution is 7.71. The molecule has 2 rings (SSSR count). The molecule has 0 saturated heterocycles. The summed E-state index contributed by atoms with van der Waals surface area (Å²) in [6, 6.07) is 5.80. The van der Waals surface area contributed by atoms with E-state index in [1.54, 1.807) is 0 Å². The van der Waals surface area contributed by atoms with E-state index < -0.39 is 0 Å². The molecule has 1 aromatic heterocycles. The van der Waals surface area contributed by atoms with Gasteiger partial charge in [0.1, 0.15) is 0 Å². The molecule has 0 fully saturated rings. The Labute approximate surface area is 87.5 Å². The Bertz CT molecular complexity index is 510. The van der Waals surface area contributed by atoms with E-state index in [0.29, 0.717) is 0 Å². The molecule has 0 aliphatic rings. The highest BCUT2D eigenvalue weighted by Gasteiger charge is 2.02. The van der Waals surface area contributed by atoms with E-state index in [-0.39, 0.29) is 0 Å². The van der Waals surface area contributed by atoms with Crippen molar-refractivity contribution in [3.05, 3.63) is 23.0 Å². The van der Waals surface area contributed by atoms with Crippen LogP contribution >= 0.6 is 12.2 Å². The molecule has 2 aromatic rings. The SMILES string of the molecule is CCCn1c(=S)[nH]c2ccc(N)cc21. The summed E-state index contributed by atoms with van der Waals surface area (Å²) in [4.78, 5) is 3.16. The third-order valence-electron chi connectivity index (χ3n) is 2.25. The summed E-state index contributed by atoms with van der Waals surface area (Å²) in [5, 5.41) is 0. The minimum absolute atomic E-state index is 0.771. The van der Waals surface area contributed by atoms with Crippen LogP contribution in [-0.2, 0) is 6.54 Å². The molecule has 1 aromatic carbocycles. The van der Waals surface area contributed by atoms with Gasteiger partial charge in [0.2, 0.25) is 0 Å². The van der Waals surface area contributed by atoms with Crippen LogP contribution in [0.3, 0.4) is 0 Å². The fourth-order valence-electron chi connectivity index (χ4n) is 1.62. The highest BCUT2D eigenvalue weighted by Crippen LogP contribution is 2.17. The molecule has 0 atom stereocenters. The van der Waals surface area contributed by atoms with Crippen molar-refractivity contribution in [1.82, 2.24) is 9.55 Å². The summed E-state index contributed by atoms with van der Waals surface area (Å²) < 4.78 is 2.86. The quantitative estimate of drug-likeness (QED) is 0.587. The smallest absolute Gasteiger partial charge is 0.178 e. The van der Waals surface area contributed by atoms with E-state index in [1.807, 2.05) is 18.2 Å². The molecule has 0 unspecified atom stereocenters. The van der Waals surface area contributed by atoms with E-state index >= 15 is 0 Å². The van der Waals surface area contributed by atoms with Gasteiger partial charge in [0.05, 0.1) is 11.0 Å². The van der Waals surface area contributed by atoms with Gasteiger partial charge in [-0.2, -0.15) is 0 Å². The highest BCUT2D eigenvalue weighted by atomic mass is 32.1. The van der Waals surface area contributed by atoms with Crippen molar-refractivity contribution in [1.29, 1.82) is 0 Å². The van der Waals surface area contributed by atoms with E-state index in [0.717, 1.165) is 34.5 Å². The van der Waals surface area contributed by atoms with Crippen molar-refractivity contribution in [3.63, 3.8) is 0 Å². The number of nitrogens with one attached hydrogen (secondary N) is 1. The number of hydrogen-bond donors (Lipinski definition) is 2. The minimum Gasteiger partial charge on any atom is -0.399 e. The second-order valence-electron chi connectivity index (χ2n) is 3.36. The average Bonchev–Trinajstić information content (AvgIpc) is 2.45. The van der Waals surface area contributed by atoms with E-state index in [4.69, 9.17) is 18.0 Å². The molecule has 0 bridgehead atoms. The van der Waals surface area contributed by atoms with Gasteiger partial charge in [-0.25, -0.2) is 0 Å². The molecule has 14 heavy (non-hydrogen) atoms. The van der Waals surface area contributed by atoms with Crippen LogP contribution < -0.4 is 5.73 Å². The van der Waals surface area contributed by atoms with Gasteiger partial charge in [0, 0.05) is 12.2 Å². The summed E-state index contributed by atoms with van der Waals surface area (Å²) in [6.45, 7) is 3.06. The maximum atomic E-state index is 5.74. The van der Waals surface area contributed by atoms with Crippen LogP contribution in [0, 0.1) is 4.77 Å². The van der Waals surface area contributed by atoms with E-state index in [1.165, 1.54) is 0 Å². The van der Waals surface area contributed by atoms with Gasteiger partial charge in [-0.15, -0.1) is 0 Å². The molecule has 0 amide bonds. The molecule has 0 spiro atoms. The second-order valence-corrected chi connectivity index (χ2v) is 3.75. The van der Waals surface area contributed by atoms with E-state index in [9.17, 15) is 0 Å². The van der Waals surface area contributed by atoms with Crippen molar-refractivity contribution in [2.75, 3.05) is 5.73 Å². The number of nitrogens with zero attached hydrogens (tertiary/aromatic N) is 1. The van der Waals surface area contributed by atoms with Gasteiger partial charge in [-0.1, -0.05) is 6.92 Å². The molecule has 0 radical (unpaired) electrons. The van der Waals surface area contributed by atoms with Crippen LogP contribution in [0.2, 0.25) is 0 Å². The molecular weight excluding hydrogens is 194 g/mol. The molecule has 0 aliphatic carbocycles. The van der Waals surface area contributed by atoms with Gasteiger partial charge in [-0.05, 0) is 36.8 Å². The Balaban J connectivity index is 2.73. The summed E-state index contributed by atoms with van der Waals surface area (Å²) in [5.74, 6) is 0. The van der Waals surface area contributed by atoms with Gasteiger partial charge >= 0.3 is 0 Å². The summed E-state index contributed by atoms with van der Waals surface area (Å²) in [5.41, 5.74) is 8.66. The number of rotatable bonds is 2. The Morgan fingerprint density at radius 3 is 3.00 bits per heavy atom. The number of fused-ring (bicyclic) bond motifs is 1. The Hall–Kier alpha value is -1.29. The Morgan fingerprint density at radius 2 is 2.29 bits per heavy atom. The second kappa shape index (κ2) is 3.46. The first kappa shape index (κ1) is 9.27. The normalized spacial score (nSPS) is 10.9. The molecule has 4 heteroatoms. The number of nitrogens with two attached hydrogens (primary N) is 1. The third-order valence-corrected chi connectivity index (χ3v) is 2.57.